The molecule has 0 aliphatic rings. The molecule has 0 aliphatic carbocycles. The van der Waals surface area contributed by atoms with E-state index in [9.17, 15) is 0 Å². The fraction of sp³-hybridized carbons (Fsp3) is 0.100. The van der Waals surface area contributed by atoms with E-state index >= 15 is 0 Å². The van der Waals surface area contributed by atoms with Crippen LogP contribution in [0, 0.1) is 11.7 Å². The van der Waals surface area contributed by atoms with Crippen LogP contribution in [0.4, 0.5) is 0 Å². The van der Waals surface area contributed by atoms with Crippen molar-refractivity contribution in [1.82, 2.24) is 14.9 Å². The van der Waals surface area contributed by atoms with Gasteiger partial charge in [0.05, 0.1) is 6.54 Å². The molecule has 0 saturated heterocycles. The van der Waals surface area contributed by atoms with Gasteiger partial charge >= 0.3 is 0 Å². The maximum Gasteiger partial charge on any atom is 0.214 e. The van der Waals surface area contributed by atoms with Crippen LogP contribution < -0.4 is 5.43 Å². The van der Waals surface area contributed by atoms with Gasteiger partial charge in [0, 0.05) is 16.1 Å². The van der Waals surface area contributed by atoms with Crippen molar-refractivity contribution in [3.63, 3.8) is 0 Å². The normalized spacial score (nSPS) is 10.9. The molecule has 4 aromatic rings. The van der Waals surface area contributed by atoms with Crippen LogP contribution >= 0.6 is 23.8 Å². The van der Waals surface area contributed by atoms with Gasteiger partial charge in [-0.1, -0.05) is 54.1 Å². The standard InChI is InChI=1S/C20H17ClN4OS/c1-13-16(8-5-9-17(13)21)18-11-10-15(26-18)12-22-25-19(23-24-20(25)27)14-6-3-2-4-7-14/h2-11,22H,12H2,1H3,(H,24,27). The predicted octanol–water partition coefficient (Wildman–Crippen LogP) is 5.57. The lowest BCUT2D eigenvalue weighted by Crippen LogP contribution is -2.15. The molecule has 0 aliphatic heterocycles. The van der Waals surface area contributed by atoms with E-state index in [1.165, 1.54) is 0 Å². The molecular formula is C20H17ClN4OS. The molecule has 2 N–H and O–H groups in total. The molecule has 136 valence electrons. The first-order valence-electron chi connectivity index (χ1n) is 8.44. The molecule has 0 spiro atoms. The van der Waals surface area contributed by atoms with Gasteiger partial charge in [-0.15, -0.1) is 0 Å². The summed E-state index contributed by atoms with van der Waals surface area (Å²) in [6.07, 6.45) is 0. The number of H-pyrrole nitrogens is 1. The van der Waals surface area contributed by atoms with E-state index in [0.717, 1.165) is 39.1 Å². The summed E-state index contributed by atoms with van der Waals surface area (Å²) in [5.74, 6) is 2.29. The first-order valence-corrected chi connectivity index (χ1v) is 9.23. The van der Waals surface area contributed by atoms with E-state index in [1.807, 2.05) is 67.6 Å². The molecular weight excluding hydrogens is 380 g/mol. The van der Waals surface area contributed by atoms with E-state index in [-0.39, 0.29) is 0 Å². The van der Waals surface area contributed by atoms with Crippen molar-refractivity contribution in [3.8, 4) is 22.7 Å². The molecule has 4 rings (SSSR count). The maximum atomic E-state index is 6.21. The van der Waals surface area contributed by atoms with Crippen LogP contribution in [-0.2, 0) is 6.54 Å². The Morgan fingerprint density at radius 2 is 1.93 bits per heavy atom. The van der Waals surface area contributed by atoms with Crippen molar-refractivity contribution in [2.24, 2.45) is 0 Å². The van der Waals surface area contributed by atoms with Crippen LogP contribution in [0.15, 0.2) is 65.1 Å². The minimum atomic E-state index is 0.466. The van der Waals surface area contributed by atoms with Crippen molar-refractivity contribution in [2.45, 2.75) is 13.5 Å². The van der Waals surface area contributed by atoms with Crippen LogP contribution in [0.1, 0.15) is 11.3 Å². The molecule has 2 aromatic heterocycles. The minimum Gasteiger partial charge on any atom is -0.459 e. The largest absolute Gasteiger partial charge is 0.459 e. The summed E-state index contributed by atoms with van der Waals surface area (Å²) in [6.45, 7) is 2.45. The summed E-state index contributed by atoms with van der Waals surface area (Å²) in [5, 5.41) is 7.86. The van der Waals surface area contributed by atoms with E-state index in [0.29, 0.717) is 11.3 Å². The highest BCUT2D eigenvalue weighted by atomic mass is 35.5. The molecule has 0 atom stereocenters. The van der Waals surface area contributed by atoms with Crippen LogP contribution in [0.5, 0.6) is 0 Å². The van der Waals surface area contributed by atoms with Crippen molar-refractivity contribution in [2.75, 3.05) is 5.43 Å². The summed E-state index contributed by atoms with van der Waals surface area (Å²) in [4.78, 5) is 0. The zero-order valence-corrected chi connectivity index (χ0v) is 16.1. The van der Waals surface area contributed by atoms with Crippen molar-refractivity contribution >= 4 is 23.8 Å². The van der Waals surface area contributed by atoms with Crippen LogP contribution in [0.3, 0.4) is 0 Å². The summed E-state index contributed by atoms with van der Waals surface area (Å²) in [5.41, 5.74) is 6.21. The van der Waals surface area contributed by atoms with Gasteiger partial charge in [-0.25, -0.2) is 9.77 Å². The summed E-state index contributed by atoms with van der Waals surface area (Å²) >= 11 is 11.6. The lowest BCUT2D eigenvalue weighted by atomic mass is 10.1. The van der Waals surface area contributed by atoms with Crippen LogP contribution in [0.2, 0.25) is 5.02 Å². The fourth-order valence-electron chi connectivity index (χ4n) is 2.87. The van der Waals surface area contributed by atoms with Crippen LogP contribution in [0.25, 0.3) is 22.7 Å². The van der Waals surface area contributed by atoms with Gasteiger partial charge < -0.3 is 9.84 Å². The molecule has 0 fully saturated rings. The van der Waals surface area contributed by atoms with Gasteiger partial charge in [0.25, 0.3) is 0 Å². The second-order valence-corrected chi connectivity index (χ2v) is 6.86. The molecule has 2 aromatic carbocycles. The van der Waals surface area contributed by atoms with E-state index in [2.05, 4.69) is 15.6 Å². The molecule has 2 heterocycles. The van der Waals surface area contributed by atoms with Gasteiger partial charge in [0.1, 0.15) is 11.5 Å². The number of hydrogen-bond donors (Lipinski definition) is 2. The smallest absolute Gasteiger partial charge is 0.214 e. The zero-order chi connectivity index (χ0) is 18.8. The third kappa shape index (κ3) is 3.54. The monoisotopic (exact) mass is 396 g/mol. The van der Waals surface area contributed by atoms with Gasteiger partial charge in [0.15, 0.2) is 5.82 Å². The summed E-state index contributed by atoms with van der Waals surface area (Å²) in [7, 11) is 0. The Morgan fingerprint density at radius 1 is 1.11 bits per heavy atom. The molecule has 0 unspecified atom stereocenters. The van der Waals surface area contributed by atoms with E-state index in [4.69, 9.17) is 28.2 Å². The Hall–Kier alpha value is -2.83. The number of aromatic nitrogens is 3. The average Bonchev–Trinajstić information content (AvgIpc) is 3.30. The van der Waals surface area contributed by atoms with E-state index < -0.39 is 0 Å². The van der Waals surface area contributed by atoms with Gasteiger partial charge in [0.2, 0.25) is 4.77 Å². The Balaban J connectivity index is 1.56. The number of rotatable bonds is 5. The Bertz CT molecular complexity index is 1130. The quantitative estimate of drug-likeness (QED) is 0.433. The summed E-state index contributed by atoms with van der Waals surface area (Å²) in [6, 6.07) is 19.5. The van der Waals surface area contributed by atoms with Crippen molar-refractivity contribution in [1.29, 1.82) is 0 Å². The minimum absolute atomic E-state index is 0.466. The fourth-order valence-corrected chi connectivity index (χ4v) is 3.24. The predicted molar refractivity (Wildman–Crippen MR) is 110 cm³/mol. The molecule has 0 saturated carbocycles. The maximum absolute atomic E-state index is 6.21. The van der Waals surface area contributed by atoms with Crippen molar-refractivity contribution in [3.05, 3.63) is 81.8 Å². The molecule has 0 amide bonds. The number of nitrogens with one attached hydrogen (secondary N) is 2. The first-order chi connectivity index (χ1) is 13.1. The number of nitrogens with zero attached hydrogens (tertiary/aromatic N) is 2. The zero-order valence-electron chi connectivity index (χ0n) is 14.6. The molecule has 5 nitrogen and oxygen atoms in total. The highest BCUT2D eigenvalue weighted by molar-refractivity contribution is 7.71. The van der Waals surface area contributed by atoms with Gasteiger partial charge in [-0.2, -0.15) is 5.10 Å². The average molecular weight is 397 g/mol. The SMILES string of the molecule is Cc1c(Cl)cccc1-c1ccc(CNn2c(-c3ccccc3)n[nH]c2=S)o1. The first kappa shape index (κ1) is 17.6. The second-order valence-electron chi connectivity index (χ2n) is 6.07. The second kappa shape index (κ2) is 7.42. The number of benzene rings is 2. The molecule has 7 heteroatoms. The molecule has 27 heavy (non-hydrogen) atoms. The molecule has 0 bridgehead atoms. The van der Waals surface area contributed by atoms with Gasteiger partial charge in [-0.3, -0.25) is 0 Å². The van der Waals surface area contributed by atoms with Crippen LogP contribution in [-0.4, -0.2) is 14.9 Å². The van der Waals surface area contributed by atoms with Crippen molar-refractivity contribution < 1.29 is 4.42 Å². The molecule has 0 radical (unpaired) electrons. The Morgan fingerprint density at radius 3 is 2.74 bits per heavy atom. The number of furan rings is 1. The Kier molecular flexibility index (Phi) is 4.83. The highest BCUT2D eigenvalue weighted by Crippen LogP contribution is 2.29. The van der Waals surface area contributed by atoms with Gasteiger partial charge in [-0.05, 0) is 42.9 Å². The van der Waals surface area contributed by atoms with E-state index in [1.54, 1.807) is 4.68 Å². The topological polar surface area (TPSA) is 58.8 Å². The number of halogens is 1. The lowest BCUT2D eigenvalue weighted by molar-refractivity contribution is 0.522. The number of aromatic amines is 1. The highest BCUT2D eigenvalue weighted by Gasteiger charge is 2.11. The lowest BCUT2D eigenvalue weighted by Gasteiger charge is -2.09. The third-order valence-corrected chi connectivity index (χ3v) is 4.99. The Labute approximate surface area is 166 Å². The number of hydrogen-bond acceptors (Lipinski definition) is 4. The summed E-state index contributed by atoms with van der Waals surface area (Å²) < 4.78 is 8.23. The third-order valence-electron chi connectivity index (χ3n) is 4.31.